The van der Waals surface area contributed by atoms with Crippen LogP contribution in [0.2, 0.25) is 0 Å². The zero-order valence-electron chi connectivity index (χ0n) is 17.0. The molecule has 0 amide bonds. The van der Waals surface area contributed by atoms with E-state index in [4.69, 9.17) is 49.7 Å². The molecule has 0 aromatic carbocycles. The largest absolute Gasteiger partial charge is 2.00 e. The minimum atomic E-state index is 0. The molecule has 0 rings (SSSR count). The first kappa shape index (κ1) is 38.5. The third-order valence-electron chi connectivity index (χ3n) is 2.84. The number of unbranched alkanes of at least 4 members (excludes halogenated alkanes) is 1. The van der Waals surface area contributed by atoms with Gasteiger partial charge in [-0.15, -0.1) is 0 Å². The molecule has 0 aromatic rings. The Balaban J connectivity index is -0.0000000817. The van der Waals surface area contributed by atoms with Crippen LogP contribution in [0, 0.1) is 0 Å². The monoisotopic (exact) mass is 531 g/mol. The van der Waals surface area contributed by atoms with E-state index in [1.54, 1.807) is 0 Å². The van der Waals surface area contributed by atoms with Gasteiger partial charge >= 0.3 is 49.0 Å². The normalized spacial score (nSPS) is 8.04. The van der Waals surface area contributed by atoms with Crippen LogP contribution >= 0.6 is 36.7 Å². The molecule has 0 bridgehead atoms. The summed E-state index contributed by atoms with van der Waals surface area (Å²) in [6.07, 6.45) is 2.34. The topological polar surface area (TPSA) is 18.5 Å². The first-order chi connectivity index (χ1) is 11.2. The molecule has 1 N–H and O–H groups in total. The van der Waals surface area contributed by atoms with Crippen LogP contribution in [-0.2, 0) is 57.4 Å². The van der Waals surface area contributed by atoms with Crippen LogP contribution in [0.4, 0.5) is 0 Å². The predicted molar refractivity (Wildman–Crippen MR) is 129 cm³/mol. The summed E-state index contributed by atoms with van der Waals surface area (Å²) in [5.41, 5.74) is 0. The third-order valence-corrected chi connectivity index (χ3v) is 4.16. The minimum absolute atomic E-state index is 0. The van der Waals surface area contributed by atoms with Crippen LogP contribution in [0.1, 0.15) is 47.5 Å². The van der Waals surface area contributed by atoms with Gasteiger partial charge in [0.05, 0.1) is 0 Å². The number of rotatable bonds is 7. The smallest absolute Gasteiger partial charge is 0.412 e. The molecule has 0 atom stereocenters. The van der Waals surface area contributed by atoms with Gasteiger partial charge in [-0.05, 0) is 34.1 Å². The standard InChI is InChI=1S/3C5H11NS2.Na.Zn/c2*1-3-6(4-2)5(7)8;1-2-3-4-6-5(7)8;;/h2*3-4H2,1-2H3,(H,7,8);2-4H2,1H3,(H2,6,7,8);;/q;;;+1;+2/p-3. The molecule has 0 aromatic heterocycles. The van der Waals surface area contributed by atoms with Crippen molar-refractivity contribution in [3.8, 4) is 0 Å². The van der Waals surface area contributed by atoms with Crippen molar-refractivity contribution in [2.45, 2.75) is 47.5 Å². The molecule has 0 aliphatic carbocycles. The van der Waals surface area contributed by atoms with Gasteiger partial charge in [0.15, 0.2) is 0 Å². The predicted octanol–water partition coefficient (Wildman–Crippen LogP) is 0.529. The maximum absolute atomic E-state index is 4.76. The summed E-state index contributed by atoms with van der Waals surface area (Å²) in [6.45, 7) is 15.0. The van der Waals surface area contributed by atoms with Gasteiger partial charge in [0.2, 0.25) is 0 Å². The van der Waals surface area contributed by atoms with Crippen molar-refractivity contribution in [2.24, 2.45) is 0 Å². The molecule has 0 unspecified atom stereocenters. The summed E-state index contributed by atoms with van der Waals surface area (Å²) in [4.78, 5) is 3.93. The van der Waals surface area contributed by atoms with Crippen molar-refractivity contribution >= 4 is 87.5 Å². The van der Waals surface area contributed by atoms with Crippen molar-refractivity contribution in [1.82, 2.24) is 15.1 Å². The van der Waals surface area contributed by atoms with Crippen LogP contribution in [-0.4, -0.2) is 55.5 Å². The van der Waals surface area contributed by atoms with E-state index >= 15 is 0 Å². The Morgan fingerprint density at radius 2 is 1.08 bits per heavy atom. The van der Waals surface area contributed by atoms with Crippen LogP contribution in [0.15, 0.2) is 0 Å². The first-order valence-electron chi connectivity index (χ1n) is 8.08. The molecule has 0 saturated carbocycles. The number of nitrogens with zero attached hydrogens (tertiary/aromatic N) is 2. The van der Waals surface area contributed by atoms with E-state index in [1.165, 1.54) is 6.42 Å². The molecule has 0 fully saturated rings. The summed E-state index contributed by atoms with van der Waals surface area (Å²) in [7, 11) is 0. The van der Waals surface area contributed by atoms with E-state index in [2.05, 4.69) is 37.1 Å². The van der Waals surface area contributed by atoms with Crippen LogP contribution in [0.3, 0.4) is 0 Å². The molecule has 0 saturated heterocycles. The SMILES string of the molecule is CCCCNC(=S)[S-].CCN(CC)C(=S)[S-].CCN(CC)C(=S)[S-].[Na+].[Zn+2]. The van der Waals surface area contributed by atoms with Gasteiger partial charge in [-0.3, -0.25) is 0 Å². The Morgan fingerprint density at radius 1 is 0.769 bits per heavy atom. The molecule has 144 valence electrons. The molecule has 11 heteroatoms. The van der Waals surface area contributed by atoms with E-state index < -0.39 is 0 Å². The van der Waals surface area contributed by atoms with Gasteiger partial charge in [-0.1, -0.05) is 26.3 Å². The fourth-order valence-electron chi connectivity index (χ4n) is 1.33. The second kappa shape index (κ2) is 29.2. The maximum Gasteiger partial charge on any atom is 2.00 e. The summed E-state index contributed by atoms with van der Waals surface area (Å²) in [6, 6.07) is 0. The molecule has 0 spiro atoms. The zero-order chi connectivity index (χ0) is 19.5. The van der Waals surface area contributed by atoms with Gasteiger partial charge < -0.3 is 89.7 Å². The van der Waals surface area contributed by atoms with Gasteiger partial charge in [0.25, 0.3) is 0 Å². The summed E-state index contributed by atoms with van der Waals surface area (Å²) in [5, 5.41) is 2.89. The summed E-state index contributed by atoms with van der Waals surface area (Å²) >= 11 is 28.2. The number of hydrogen-bond donors (Lipinski definition) is 1. The van der Waals surface area contributed by atoms with Gasteiger partial charge in [0.1, 0.15) is 0 Å². The van der Waals surface area contributed by atoms with Gasteiger partial charge in [-0.2, -0.15) is 0 Å². The Hall–Kier alpha value is 1.95. The molecule has 0 heterocycles. The van der Waals surface area contributed by atoms with Crippen molar-refractivity contribution in [2.75, 3.05) is 32.7 Å². The van der Waals surface area contributed by atoms with Crippen LogP contribution in [0.25, 0.3) is 0 Å². The minimum Gasteiger partial charge on any atom is -0.412 e. The fraction of sp³-hybridized carbons (Fsp3) is 0.800. The quantitative estimate of drug-likeness (QED) is 0.217. The van der Waals surface area contributed by atoms with E-state index in [0.29, 0.717) is 13.0 Å². The van der Waals surface area contributed by atoms with E-state index in [0.717, 1.165) is 39.1 Å². The van der Waals surface area contributed by atoms with E-state index in [-0.39, 0.29) is 49.0 Å². The average molecular weight is 533 g/mol. The number of thiocarbonyl (C=S) groups is 3. The first-order valence-corrected chi connectivity index (χ1v) is 10.5. The second-order valence-corrected chi connectivity index (χ2v) is 7.58. The molecule has 26 heavy (non-hydrogen) atoms. The average Bonchev–Trinajstić information content (AvgIpc) is 2.50. The van der Waals surface area contributed by atoms with Crippen LogP contribution < -0.4 is 34.9 Å². The Bertz CT molecular complexity index is 321. The molecular weight excluding hydrogens is 503 g/mol. The Morgan fingerprint density at radius 3 is 1.19 bits per heavy atom. The second-order valence-electron chi connectivity index (χ2n) is 4.44. The Labute approximate surface area is 229 Å². The van der Waals surface area contributed by atoms with E-state index in [1.807, 2.05) is 37.5 Å². The zero-order valence-corrected chi connectivity index (χ0v) is 26.9. The molecular formula is C15H30N3NaS6Zn. The van der Waals surface area contributed by atoms with Gasteiger partial charge in [-0.25, -0.2) is 0 Å². The van der Waals surface area contributed by atoms with E-state index in [9.17, 15) is 0 Å². The van der Waals surface area contributed by atoms with Crippen molar-refractivity contribution in [3.63, 3.8) is 0 Å². The van der Waals surface area contributed by atoms with Crippen molar-refractivity contribution < 1.29 is 49.0 Å². The summed E-state index contributed by atoms with van der Waals surface area (Å²) in [5.74, 6) is 0. The summed E-state index contributed by atoms with van der Waals surface area (Å²) < 4.78 is 1.64. The molecule has 3 nitrogen and oxygen atoms in total. The third kappa shape index (κ3) is 30.7. The maximum atomic E-state index is 4.76. The Kier molecular flexibility index (Phi) is 43.2. The molecule has 0 radical (unpaired) electrons. The molecule has 0 aliphatic rings. The molecule has 0 aliphatic heterocycles. The van der Waals surface area contributed by atoms with Crippen molar-refractivity contribution in [1.29, 1.82) is 0 Å². The van der Waals surface area contributed by atoms with Gasteiger partial charge in [0, 0.05) is 32.7 Å². The van der Waals surface area contributed by atoms with Crippen LogP contribution in [0.5, 0.6) is 0 Å². The number of hydrogen-bond acceptors (Lipinski definition) is 6. The van der Waals surface area contributed by atoms with Crippen molar-refractivity contribution in [3.05, 3.63) is 0 Å². The number of nitrogens with one attached hydrogen (secondary N) is 1. The fourth-order valence-corrected chi connectivity index (χ4v) is 2.57.